The molecule has 0 heterocycles. The predicted octanol–water partition coefficient (Wildman–Crippen LogP) is 3.16. The van der Waals surface area contributed by atoms with Crippen LogP contribution in [0.5, 0.6) is 0 Å². The van der Waals surface area contributed by atoms with Gasteiger partial charge in [0, 0.05) is 12.1 Å². The van der Waals surface area contributed by atoms with Gasteiger partial charge in [-0.05, 0) is 20.3 Å². The minimum Gasteiger partial charge on any atom is -0.309 e. The van der Waals surface area contributed by atoms with Gasteiger partial charge >= 0.3 is 0 Å². The van der Waals surface area contributed by atoms with E-state index in [-0.39, 0.29) is 0 Å². The third kappa shape index (κ3) is 4.30. The van der Waals surface area contributed by atoms with Crippen molar-refractivity contribution in [3.63, 3.8) is 0 Å². The molecule has 0 aromatic rings. The van der Waals surface area contributed by atoms with E-state index in [1.54, 1.807) is 0 Å². The molecule has 0 unspecified atom stereocenters. The normalized spacial score (nSPS) is 11.7. The monoisotopic (exact) mass is 139 g/mol. The molecule has 0 rings (SSSR count). The van der Waals surface area contributed by atoms with Gasteiger partial charge in [-0.3, -0.25) is 0 Å². The van der Waals surface area contributed by atoms with Crippen LogP contribution >= 0.6 is 0 Å². The van der Waals surface area contributed by atoms with Crippen LogP contribution in [0.1, 0.15) is 40.0 Å². The van der Waals surface area contributed by atoms with E-state index < -0.39 is 0 Å². The van der Waals surface area contributed by atoms with Gasteiger partial charge in [0.15, 0.2) is 0 Å². The Kier molecular flexibility index (Phi) is 4.91. The number of hydrogen-bond acceptors (Lipinski definition) is 1. The zero-order valence-corrected chi connectivity index (χ0v) is 7.20. The molecule has 0 spiro atoms. The summed E-state index contributed by atoms with van der Waals surface area (Å²) in [4.78, 5) is 0. The van der Waals surface area contributed by atoms with Crippen LogP contribution in [0.4, 0.5) is 0 Å². The second-order valence-corrected chi connectivity index (χ2v) is 2.67. The van der Waals surface area contributed by atoms with Crippen molar-refractivity contribution in [1.29, 1.82) is 5.41 Å². The second kappa shape index (κ2) is 5.21. The summed E-state index contributed by atoms with van der Waals surface area (Å²) in [6, 6.07) is 0. The van der Waals surface area contributed by atoms with Crippen molar-refractivity contribution in [1.82, 2.24) is 0 Å². The maximum absolute atomic E-state index is 7.48. The van der Waals surface area contributed by atoms with Crippen molar-refractivity contribution < 1.29 is 0 Å². The maximum atomic E-state index is 7.48. The summed E-state index contributed by atoms with van der Waals surface area (Å²) in [6.45, 7) is 6.21. The lowest BCUT2D eigenvalue weighted by Gasteiger charge is -2.00. The van der Waals surface area contributed by atoms with Crippen LogP contribution in [-0.4, -0.2) is 5.71 Å². The minimum atomic E-state index is 0.859. The highest BCUT2D eigenvalue weighted by Crippen LogP contribution is 2.03. The van der Waals surface area contributed by atoms with Gasteiger partial charge in [-0.1, -0.05) is 25.0 Å². The molecule has 1 nitrogen and oxygen atoms in total. The molecule has 0 atom stereocenters. The molecule has 10 heavy (non-hydrogen) atoms. The van der Waals surface area contributed by atoms with Crippen LogP contribution < -0.4 is 0 Å². The van der Waals surface area contributed by atoms with Gasteiger partial charge in [0.25, 0.3) is 0 Å². The van der Waals surface area contributed by atoms with Crippen molar-refractivity contribution in [2.45, 2.75) is 40.0 Å². The number of rotatable bonds is 4. The topological polar surface area (TPSA) is 23.9 Å². The Balaban J connectivity index is 3.58. The average Bonchev–Trinajstić information content (AvgIpc) is 1.88. The van der Waals surface area contributed by atoms with Gasteiger partial charge < -0.3 is 5.41 Å². The first kappa shape index (κ1) is 9.41. The van der Waals surface area contributed by atoms with Crippen molar-refractivity contribution in [2.24, 2.45) is 0 Å². The number of nitrogens with one attached hydrogen (secondary N) is 1. The summed E-state index contributed by atoms with van der Waals surface area (Å²) < 4.78 is 0. The largest absolute Gasteiger partial charge is 0.309 e. The molecule has 0 fully saturated rings. The third-order valence-corrected chi connectivity index (χ3v) is 1.54. The van der Waals surface area contributed by atoms with Crippen LogP contribution in [-0.2, 0) is 0 Å². The summed E-state index contributed by atoms with van der Waals surface area (Å²) >= 11 is 0. The Morgan fingerprint density at radius 2 is 2.10 bits per heavy atom. The highest BCUT2D eigenvalue weighted by atomic mass is 14.4. The third-order valence-electron chi connectivity index (χ3n) is 1.54. The van der Waals surface area contributed by atoms with E-state index in [1.807, 2.05) is 6.92 Å². The van der Waals surface area contributed by atoms with E-state index in [0.29, 0.717) is 0 Å². The molecule has 0 aromatic heterocycles. The molecule has 0 bridgehead atoms. The SMILES string of the molecule is C/C=C(/C)CC(=N)CCC. The summed E-state index contributed by atoms with van der Waals surface area (Å²) in [5.74, 6) is 0. The lowest BCUT2D eigenvalue weighted by molar-refractivity contribution is 0.961. The second-order valence-electron chi connectivity index (χ2n) is 2.67. The van der Waals surface area contributed by atoms with Crippen molar-refractivity contribution in [2.75, 3.05) is 0 Å². The Hall–Kier alpha value is -0.590. The Morgan fingerprint density at radius 3 is 2.50 bits per heavy atom. The van der Waals surface area contributed by atoms with Gasteiger partial charge in [-0.15, -0.1) is 0 Å². The summed E-state index contributed by atoms with van der Waals surface area (Å²) in [5, 5.41) is 7.48. The fraction of sp³-hybridized carbons (Fsp3) is 0.667. The Labute approximate surface area is 63.7 Å². The van der Waals surface area contributed by atoms with E-state index in [2.05, 4.69) is 19.9 Å². The molecule has 0 aliphatic rings. The average molecular weight is 139 g/mol. The molecule has 1 heteroatoms. The molecule has 0 aliphatic carbocycles. The summed E-state index contributed by atoms with van der Waals surface area (Å²) in [5.41, 5.74) is 2.16. The predicted molar refractivity (Wildman–Crippen MR) is 46.7 cm³/mol. The highest BCUT2D eigenvalue weighted by molar-refractivity contribution is 5.83. The molecule has 58 valence electrons. The fourth-order valence-electron chi connectivity index (χ4n) is 0.829. The van der Waals surface area contributed by atoms with Gasteiger partial charge in [0.05, 0.1) is 0 Å². The molecule has 0 saturated heterocycles. The zero-order chi connectivity index (χ0) is 7.98. The minimum absolute atomic E-state index is 0.859. The Morgan fingerprint density at radius 1 is 1.50 bits per heavy atom. The van der Waals surface area contributed by atoms with Crippen molar-refractivity contribution >= 4 is 5.71 Å². The molecule has 1 N–H and O–H groups in total. The molecule has 0 radical (unpaired) electrons. The zero-order valence-electron chi connectivity index (χ0n) is 7.20. The van der Waals surface area contributed by atoms with E-state index in [4.69, 9.17) is 5.41 Å². The van der Waals surface area contributed by atoms with Crippen molar-refractivity contribution in [3.8, 4) is 0 Å². The van der Waals surface area contributed by atoms with Gasteiger partial charge in [-0.25, -0.2) is 0 Å². The molecule has 0 saturated carbocycles. The fourth-order valence-corrected chi connectivity index (χ4v) is 0.829. The van der Waals surface area contributed by atoms with Gasteiger partial charge in [-0.2, -0.15) is 0 Å². The lowest BCUT2D eigenvalue weighted by atomic mass is 10.1. The van der Waals surface area contributed by atoms with E-state index in [1.165, 1.54) is 5.57 Å². The van der Waals surface area contributed by atoms with Gasteiger partial charge in [0.1, 0.15) is 0 Å². The first-order valence-corrected chi connectivity index (χ1v) is 3.88. The standard InChI is InChI=1S/C9H17N/c1-4-6-9(10)7-8(3)5-2/h5,10H,4,6-7H2,1-3H3/b8-5-,10-9?. The molecule has 0 aliphatic heterocycles. The smallest absolute Gasteiger partial charge is 0.0129 e. The molecule has 0 amide bonds. The van der Waals surface area contributed by atoms with Crippen LogP contribution in [0.3, 0.4) is 0 Å². The number of hydrogen-bond donors (Lipinski definition) is 1. The van der Waals surface area contributed by atoms with Gasteiger partial charge in [0.2, 0.25) is 0 Å². The van der Waals surface area contributed by atoms with Crippen molar-refractivity contribution in [3.05, 3.63) is 11.6 Å². The van der Waals surface area contributed by atoms with E-state index >= 15 is 0 Å². The Bertz CT molecular complexity index is 134. The maximum Gasteiger partial charge on any atom is 0.0129 e. The lowest BCUT2D eigenvalue weighted by Crippen LogP contribution is -1.95. The molecular weight excluding hydrogens is 122 g/mol. The number of allylic oxidation sites excluding steroid dienone is 2. The van der Waals surface area contributed by atoms with Crippen LogP contribution in [0.25, 0.3) is 0 Å². The molecular formula is C9H17N. The highest BCUT2D eigenvalue weighted by Gasteiger charge is 1.94. The molecule has 0 aromatic carbocycles. The summed E-state index contributed by atoms with van der Waals surface area (Å²) in [7, 11) is 0. The van der Waals surface area contributed by atoms with Crippen LogP contribution in [0, 0.1) is 5.41 Å². The van der Waals surface area contributed by atoms with E-state index in [9.17, 15) is 0 Å². The first-order valence-electron chi connectivity index (χ1n) is 3.88. The van der Waals surface area contributed by atoms with E-state index in [0.717, 1.165) is 25.0 Å². The van der Waals surface area contributed by atoms with Crippen LogP contribution in [0.2, 0.25) is 0 Å². The quantitative estimate of drug-likeness (QED) is 0.457. The van der Waals surface area contributed by atoms with Crippen LogP contribution in [0.15, 0.2) is 11.6 Å². The summed E-state index contributed by atoms with van der Waals surface area (Å²) in [6.07, 6.45) is 4.98. The first-order chi connectivity index (χ1) is 4.70.